The number of carbonyl (C=O) groups is 2. The zero-order valence-corrected chi connectivity index (χ0v) is 56.7. The maximum atomic E-state index is 12.9. The van der Waals surface area contributed by atoms with Gasteiger partial charge in [0.25, 0.3) is 7.82 Å². The number of hydrogen-bond acceptors (Lipinski definition) is 8. The molecule has 2 unspecified atom stereocenters. The fourth-order valence-electron chi connectivity index (χ4n) is 10.3. The Morgan fingerprint density at radius 1 is 0.381 bits per heavy atom. The second kappa shape index (κ2) is 64.9. The molecule has 10 heteroatoms. The molecular weight excluding hydrogens is 1060 g/mol. The van der Waals surface area contributed by atoms with Crippen molar-refractivity contribution in [2.24, 2.45) is 0 Å². The molecule has 0 fully saturated rings. The van der Waals surface area contributed by atoms with Gasteiger partial charge in [-0.25, -0.2) is 0 Å². The van der Waals surface area contributed by atoms with Gasteiger partial charge < -0.3 is 27.9 Å². The number of quaternary nitrogens is 1. The van der Waals surface area contributed by atoms with E-state index in [-0.39, 0.29) is 32.0 Å². The lowest BCUT2D eigenvalue weighted by Crippen LogP contribution is -2.37. The molecule has 0 saturated carbocycles. The first kappa shape index (κ1) is 81.5. The van der Waals surface area contributed by atoms with Crippen LogP contribution in [0, 0.1) is 0 Å². The van der Waals surface area contributed by atoms with E-state index in [9.17, 15) is 19.0 Å². The zero-order valence-electron chi connectivity index (χ0n) is 55.8. The fourth-order valence-corrected chi connectivity index (χ4v) is 11.0. The lowest BCUT2D eigenvalue weighted by atomic mass is 10.0. The fraction of sp³-hybridized carbons (Fsp3) is 0.811. The lowest BCUT2D eigenvalue weighted by molar-refractivity contribution is -0.870. The Morgan fingerprint density at radius 2 is 0.679 bits per heavy atom. The minimum atomic E-state index is -4.64. The molecule has 0 N–H and O–H groups in total. The number of ether oxygens (including phenoxy) is 2. The molecular formula is C74H136NO8P. The summed E-state index contributed by atoms with van der Waals surface area (Å²) in [5.41, 5.74) is 0. The third-order valence-corrected chi connectivity index (χ3v) is 16.7. The summed E-state index contributed by atoms with van der Waals surface area (Å²) in [6.07, 6.45) is 87.1. The molecule has 0 aromatic rings. The summed E-state index contributed by atoms with van der Waals surface area (Å²) in [5, 5.41) is 0. The van der Waals surface area contributed by atoms with Crippen molar-refractivity contribution in [2.75, 3.05) is 47.5 Å². The Bertz CT molecular complexity index is 1650. The number of hydrogen-bond donors (Lipinski definition) is 0. The summed E-state index contributed by atoms with van der Waals surface area (Å²) in [5.74, 6) is -0.823. The smallest absolute Gasteiger partial charge is 0.306 e. The van der Waals surface area contributed by atoms with Crippen molar-refractivity contribution in [3.8, 4) is 0 Å². The van der Waals surface area contributed by atoms with Crippen molar-refractivity contribution in [1.29, 1.82) is 0 Å². The van der Waals surface area contributed by atoms with Gasteiger partial charge in [0.15, 0.2) is 6.10 Å². The number of phosphoric ester groups is 1. The second-order valence-electron chi connectivity index (χ2n) is 25.2. The second-order valence-corrected chi connectivity index (χ2v) is 26.6. The normalized spacial score (nSPS) is 13.5. The Morgan fingerprint density at radius 3 is 1.01 bits per heavy atom. The number of likely N-dealkylation sites (N-methyl/N-ethyl adjacent to an activating group) is 1. The van der Waals surface area contributed by atoms with Crippen LogP contribution < -0.4 is 4.89 Å². The van der Waals surface area contributed by atoms with Crippen molar-refractivity contribution in [3.05, 3.63) is 72.9 Å². The maximum Gasteiger partial charge on any atom is 0.306 e. The van der Waals surface area contributed by atoms with Gasteiger partial charge in [-0.1, -0.05) is 311 Å². The van der Waals surface area contributed by atoms with Crippen molar-refractivity contribution in [2.45, 2.75) is 341 Å². The van der Waals surface area contributed by atoms with Crippen molar-refractivity contribution < 1.29 is 42.1 Å². The molecule has 490 valence electrons. The molecule has 0 rings (SSSR count). The predicted octanol–water partition coefficient (Wildman–Crippen LogP) is 22.5. The van der Waals surface area contributed by atoms with Crippen LogP contribution in [0.15, 0.2) is 72.9 Å². The molecule has 0 spiro atoms. The number of unbranched alkanes of at least 4 members (excludes halogenated alkanes) is 40. The molecule has 0 aliphatic carbocycles. The maximum absolute atomic E-state index is 12.9. The molecule has 0 aliphatic rings. The summed E-state index contributed by atoms with van der Waals surface area (Å²) in [6.45, 7) is 4.16. The molecule has 0 aromatic carbocycles. The van der Waals surface area contributed by atoms with Gasteiger partial charge in [0.1, 0.15) is 19.8 Å². The quantitative estimate of drug-likeness (QED) is 0.0195. The zero-order chi connectivity index (χ0) is 61.2. The Hall–Kier alpha value is -2.55. The highest BCUT2D eigenvalue weighted by Gasteiger charge is 2.22. The summed E-state index contributed by atoms with van der Waals surface area (Å²) in [4.78, 5) is 38.0. The van der Waals surface area contributed by atoms with E-state index in [1.165, 1.54) is 238 Å². The molecule has 0 saturated heterocycles. The monoisotopic (exact) mass is 1200 g/mol. The van der Waals surface area contributed by atoms with Crippen LogP contribution in [-0.2, 0) is 32.7 Å². The third-order valence-electron chi connectivity index (χ3n) is 15.7. The van der Waals surface area contributed by atoms with Crippen LogP contribution in [0.25, 0.3) is 0 Å². The molecule has 0 bridgehead atoms. The van der Waals surface area contributed by atoms with Gasteiger partial charge in [-0.3, -0.25) is 14.2 Å². The lowest BCUT2D eigenvalue weighted by Gasteiger charge is -2.28. The highest BCUT2D eigenvalue weighted by molar-refractivity contribution is 7.45. The topological polar surface area (TPSA) is 111 Å². The number of rotatable bonds is 66. The van der Waals surface area contributed by atoms with E-state index in [1.807, 2.05) is 21.1 Å². The highest BCUT2D eigenvalue weighted by atomic mass is 31.2. The van der Waals surface area contributed by atoms with Crippen LogP contribution >= 0.6 is 7.82 Å². The van der Waals surface area contributed by atoms with Crippen LogP contribution in [0.5, 0.6) is 0 Å². The van der Waals surface area contributed by atoms with Crippen LogP contribution in [0.4, 0.5) is 0 Å². The first-order valence-electron chi connectivity index (χ1n) is 35.6. The van der Waals surface area contributed by atoms with Gasteiger partial charge >= 0.3 is 11.9 Å². The van der Waals surface area contributed by atoms with Gasteiger partial charge in [-0.05, 0) is 83.5 Å². The SMILES string of the molecule is CC/C=C\C/C=C\C/C=C\C/C=C\CCCCCCCCCCCCCCCCCCCCCCCCCCCCC(=O)OC(COC(=O)CCCCCCCCCCC/C=C\C/C=C\CCCCCCC)COP(=O)([O-])OCC[N+](C)(C)C. The van der Waals surface area contributed by atoms with Gasteiger partial charge in [-0.15, -0.1) is 0 Å². The van der Waals surface area contributed by atoms with Crippen LogP contribution in [0.2, 0.25) is 0 Å². The number of carbonyl (C=O) groups excluding carboxylic acids is 2. The van der Waals surface area contributed by atoms with E-state index in [2.05, 4.69) is 86.8 Å². The van der Waals surface area contributed by atoms with Gasteiger partial charge in [0.05, 0.1) is 27.7 Å². The summed E-state index contributed by atoms with van der Waals surface area (Å²) in [6, 6.07) is 0. The van der Waals surface area contributed by atoms with Crippen LogP contribution in [0.1, 0.15) is 335 Å². The van der Waals surface area contributed by atoms with Gasteiger partial charge in [0.2, 0.25) is 0 Å². The van der Waals surface area contributed by atoms with E-state index in [4.69, 9.17) is 18.5 Å². The number of phosphoric acid groups is 1. The van der Waals surface area contributed by atoms with Crippen LogP contribution in [-0.4, -0.2) is 70.0 Å². The Labute approximate surface area is 520 Å². The Kier molecular flexibility index (Phi) is 62.9. The standard InChI is InChI=1S/C74H136NO8P/c1-6-8-10-12-14-16-18-20-22-24-26-28-29-30-31-32-33-34-35-36-37-38-39-40-41-42-43-44-45-47-49-51-53-55-57-59-61-63-65-67-74(77)83-72(71-82-84(78,79)81-69-68-75(3,4)5)70-80-73(76)66-64-62-60-58-56-54-52-50-48-46-27-25-23-21-19-17-15-13-11-9-7-2/h8,10,14,16,19-22,25-28,72H,6-7,9,11-13,15,17-18,23-24,29-71H2,1-5H3/b10-8-,16-14-,21-19-,22-20-,27-25-,28-26-. The van der Waals surface area contributed by atoms with E-state index < -0.39 is 26.5 Å². The van der Waals surface area contributed by atoms with E-state index in [1.54, 1.807) is 0 Å². The first-order chi connectivity index (χ1) is 41.0. The molecule has 0 radical (unpaired) electrons. The number of nitrogens with zero attached hydrogens (tertiary/aromatic N) is 1. The molecule has 84 heavy (non-hydrogen) atoms. The number of esters is 2. The average molecular weight is 1200 g/mol. The Balaban J connectivity index is 3.93. The molecule has 2 atom stereocenters. The van der Waals surface area contributed by atoms with E-state index >= 15 is 0 Å². The molecule has 0 heterocycles. The van der Waals surface area contributed by atoms with Gasteiger partial charge in [-0.2, -0.15) is 0 Å². The van der Waals surface area contributed by atoms with E-state index in [0.29, 0.717) is 17.4 Å². The largest absolute Gasteiger partial charge is 0.756 e. The van der Waals surface area contributed by atoms with Crippen molar-refractivity contribution in [3.63, 3.8) is 0 Å². The average Bonchev–Trinajstić information content (AvgIpc) is 3.61. The minimum Gasteiger partial charge on any atom is -0.756 e. The molecule has 0 aliphatic heterocycles. The van der Waals surface area contributed by atoms with Crippen molar-refractivity contribution >= 4 is 19.8 Å². The van der Waals surface area contributed by atoms with Crippen LogP contribution in [0.3, 0.4) is 0 Å². The molecule has 0 aromatic heterocycles. The minimum absolute atomic E-state index is 0.0309. The summed E-state index contributed by atoms with van der Waals surface area (Å²) < 4.78 is 34.3. The summed E-state index contributed by atoms with van der Waals surface area (Å²) >= 11 is 0. The third kappa shape index (κ3) is 68.6. The van der Waals surface area contributed by atoms with E-state index in [0.717, 1.165) is 64.2 Å². The van der Waals surface area contributed by atoms with Crippen molar-refractivity contribution in [1.82, 2.24) is 0 Å². The summed E-state index contributed by atoms with van der Waals surface area (Å²) in [7, 11) is 1.18. The first-order valence-corrected chi connectivity index (χ1v) is 37.1. The predicted molar refractivity (Wildman–Crippen MR) is 360 cm³/mol. The molecule has 9 nitrogen and oxygen atoms in total. The highest BCUT2D eigenvalue weighted by Crippen LogP contribution is 2.38. The molecule has 0 amide bonds. The van der Waals surface area contributed by atoms with Gasteiger partial charge in [0, 0.05) is 12.8 Å². The number of allylic oxidation sites excluding steroid dienone is 12.